The van der Waals surface area contributed by atoms with Crippen LogP contribution >= 0.6 is 11.8 Å². The van der Waals surface area contributed by atoms with Crippen molar-refractivity contribution in [2.75, 3.05) is 5.75 Å². The molecule has 1 fully saturated rings. The average Bonchev–Trinajstić information content (AvgIpc) is 3.19. The molecule has 1 saturated carbocycles. The fourth-order valence-electron chi connectivity index (χ4n) is 3.10. The maximum absolute atomic E-state index is 12.3. The molecule has 134 valence electrons. The molecule has 0 radical (unpaired) electrons. The lowest BCUT2D eigenvalue weighted by atomic mass is 10.1. The van der Waals surface area contributed by atoms with E-state index in [1.807, 2.05) is 16.7 Å². The summed E-state index contributed by atoms with van der Waals surface area (Å²) in [5, 5.41) is 12.3. The molecule has 2 heterocycles. The molecular weight excluding hydrogens is 336 g/mol. The molecule has 3 rings (SSSR count). The summed E-state index contributed by atoms with van der Waals surface area (Å²) in [5.41, 5.74) is 0. The quantitative estimate of drug-likeness (QED) is 0.463. The van der Waals surface area contributed by atoms with Crippen LogP contribution in [0, 0.1) is 0 Å². The third-order valence-electron chi connectivity index (χ3n) is 4.32. The van der Waals surface area contributed by atoms with Crippen LogP contribution in [0.5, 0.6) is 0 Å². The van der Waals surface area contributed by atoms with E-state index in [0.717, 1.165) is 12.8 Å². The second-order valence-electron chi connectivity index (χ2n) is 6.23. The van der Waals surface area contributed by atoms with Crippen molar-refractivity contribution in [3.8, 4) is 11.6 Å². The van der Waals surface area contributed by atoms with Gasteiger partial charge in [0, 0.05) is 12.6 Å². The summed E-state index contributed by atoms with van der Waals surface area (Å²) in [7, 11) is 0. The lowest BCUT2D eigenvalue weighted by molar-refractivity contribution is -0.119. The van der Waals surface area contributed by atoms with Gasteiger partial charge in [0.1, 0.15) is 0 Å². The molecule has 0 unspecified atom stereocenters. The third kappa shape index (κ3) is 4.75. The minimum Gasteiger partial charge on any atom is -0.461 e. The first-order valence-corrected chi connectivity index (χ1v) is 9.76. The van der Waals surface area contributed by atoms with Crippen LogP contribution in [0.2, 0.25) is 0 Å². The van der Waals surface area contributed by atoms with Gasteiger partial charge in [0.05, 0.1) is 12.0 Å². The number of carbonyl (C=O) groups excluding carboxylic acids is 1. The molecule has 7 heteroatoms. The Morgan fingerprint density at radius 1 is 1.36 bits per heavy atom. The molecule has 0 saturated heterocycles. The van der Waals surface area contributed by atoms with Crippen LogP contribution in [0.3, 0.4) is 0 Å². The standard InChI is InChI=1S/C18H24N4O2S/c1-2-11-22-17(15-10-7-12-24-15)20-21-18(22)25-13-16(23)19-14-8-5-3-4-6-9-14/h2,7,10,12,14H,1,3-6,8-9,11,13H2,(H,19,23). The Kier molecular flexibility index (Phi) is 6.33. The van der Waals surface area contributed by atoms with E-state index in [1.54, 1.807) is 12.3 Å². The zero-order chi connectivity index (χ0) is 17.5. The summed E-state index contributed by atoms with van der Waals surface area (Å²) >= 11 is 1.39. The Morgan fingerprint density at radius 2 is 2.16 bits per heavy atom. The number of nitrogens with zero attached hydrogens (tertiary/aromatic N) is 3. The second-order valence-corrected chi connectivity index (χ2v) is 7.17. The van der Waals surface area contributed by atoms with Crippen molar-refractivity contribution in [1.29, 1.82) is 0 Å². The van der Waals surface area contributed by atoms with Gasteiger partial charge in [-0.1, -0.05) is 43.5 Å². The summed E-state index contributed by atoms with van der Waals surface area (Å²) in [4.78, 5) is 12.3. The molecular formula is C18H24N4O2S. The molecule has 1 amide bonds. The molecule has 0 bridgehead atoms. The van der Waals surface area contributed by atoms with Crippen LogP contribution < -0.4 is 5.32 Å². The highest BCUT2D eigenvalue weighted by Crippen LogP contribution is 2.24. The van der Waals surface area contributed by atoms with Gasteiger partial charge in [-0.2, -0.15) is 0 Å². The predicted molar refractivity (Wildman–Crippen MR) is 98.3 cm³/mol. The van der Waals surface area contributed by atoms with E-state index in [4.69, 9.17) is 4.42 Å². The fraction of sp³-hybridized carbons (Fsp3) is 0.500. The molecule has 1 aliphatic rings. The van der Waals surface area contributed by atoms with E-state index in [1.165, 1.54) is 37.4 Å². The lowest BCUT2D eigenvalue weighted by Crippen LogP contribution is -2.35. The number of amides is 1. The Hall–Kier alpha value is -2.02. The normalized spacial score (nSPS) is 15.7. The summed E-state index contributed by atoms with van der Waals surface area (Å²) in [6, 6.07) is 3.98. The largest absolute Gasteiger partial charge is 0.461 e. The smallest absolute Gasteiger partial charge is 0.230 e. The molecule has 0 aliphatic heterocycles. The number of allylic oxidation sites excluding steroid dienone is 1. The highest BCUT2D eigenvalue weighted by atomic mass is 32.2. The Bertz CT molecular complexity index is 688. The zero-order valence-electron chi connectivity index (χ0n) is 14.3. The van der Waals surface area contributed by atoms with Crippen molar-refractivity contribution in [1.82, 2.24) is 20.1 Å². The minimum atomic E-state index is 0.0598. The molecule has 2 aromatic rings. The number of nitrogens with one attached hydrogen (secondary N) is 1. The van der Waals surface area contributed by atoms with Crippen molar-refractivity contribution < 1.29 is 9.21 Å². The number of hydrogen-bond acceptors (Lipinski definition) is 5. The predicted octanol–water partition coefficient (Wildman–Crippen LogP) is 3.66. The highest BCUT2D eigenvalue weighted by molar-refractivity contribution is 7.99. The molecule has 1 N–H and O–H groups in total. The van der Waals surface area contributed by atoms with Gasteiger partial charge < -0.3 is 9.73 Å². The fourth-order valence-corrected chi connectivity index (χ4v) is 3.86. The third-order valence-corrected chi connectivity index (χ3v) is 5.29. The highest BCUT2D eigenvalue weighted by Gasteiger charge is 2.18. The van der Waals surface area contributed by atoms with Gasteiger partial charge in [-0.05, 0) is 25.0 Å². The van der Waals surface area contributed by atoms with Gasteiger partial charge in [-0.15, -0.1) is 16.8 Å². The van der Waals surface area contributed by atoms with E-state index in [0.29, 0.717) is 35.1 Å². The van der Waals surface area contributed by atoms with Crippen molar-refractivity contribution in [2.24, 2.45) is 0 Å². The molecule has 6 nitrogen and oxygen atoms in total. The minimum absolute atomic E-state index is 0.0598. The van der Waals surface area contributed by atoms with E-state index in [9.17, 15) is 4.79 Å². The molecule has 0 aromatic carbocycles. The van der Waals surface area contributed by atoms with E-state index < -0.39 is 0 Å². The first kappa shape index (κ1) is 17.8. The van der Waals surface area contributed by atoms with Crippen molar-refractivity contribution in [3.05, 3.63) is 31.1 Å². The van der Waals surface area contributed by atoms with E-state index in [-0.39, 0.29) is 5.91 Å². The maximum Gasteiger partial charge on any atom is 0.230 e. The van der Waals surface area contributed by atoms with Gasteiger partial charge in [0.15, 0.2) is 10.9 Å². The number of furan rings is 1. The van der Waals surface area contributed by atoms with Gasteiger partial charge in [0.2, 0.25) is 11.7 Å². The average molecular weight is 360 g/mol. The van der Waals surface area contributed by atoms with Crippen molar-refractivity contribution in [3.63, 3.8) is 0 Å². The number of thioether (sulfide) groups is 1. The summed E-state index contributed by atoms with van der Waals surface area (Å²) in [6.07, 6.45) is 10.5. The first-order valence-electron chi connectivity index (χ1n) is 8.78. The first-order chi connectivity index (χ1) is 12.3. The number of rotatable bonds is 7. The molecule has 0 spiro atoms. The van der Waals surface area contributed by atoms with Crippen LogP contribution in [0.1, 0.15) is 38.5 Å². The number of aromatic nitrogens is 3. The second kappa shape index (κ2) is 8.89. The van der Waals surface area contributed by atoms with Gasteiger partial charge >= 0.3 is 0 Å². The molecule has 2 aromatic heterocycles. The molecule has 1 aliphatic carbocycles. The van der Waals surface area contributed by atoms with Crippen molar-refractivity contribution >= 4 is 17.7 Å². The van der Waals surface area contributed by atoms with Gasteiger partial charge in [0.25, 0.3) is 0 Å². The molecule has 25 heavy (non-hydrogen) atoms. The van der Waals surface area contributed by atoms with Gasteiger partial charge in [-0.25, -0.2) is 0 Å². The SMILES string of the molecule is C=CCn1c(SCC(=O)NC2CCCCCC2)nnc1-c1ccco1. The Morgan fingerprint density at radius 3 is 2.84 bits per heavy atom. The molecule has 0 atom stereocenters. The Balaban J connectivity index is 1.60. The summed E-state index contributed by atoms with van der Waals surface area (Å²) in [5.74, 6) is 1.70. The van der Waals surface area contributed by atoms with Crippen LogP contribution in [0.25, 0.3) is 11.6 Å². The summed E-state index contributed by atoms with van der Waals surface area (Å²) in [6.45, 7) is 4.35. The monoisotopic (exact) mass is 360 g/mol. The lowest BCUT2D eigenvalue weighted by Gasteiger charge is -2.15. The summed E-state index contributed by atoms with van der Waals surface area (Å²) < 4.78 is 7.32. The van der Waals surface area contributed by atoms with E-state index in [2.05, 4.69) is 22.1 Å². The zero-order valence-corrected chi connectivity index (χ0v) is 15.1. The topological polar surface area (TPSA) is 73.0 Å². The maximum atomic E-state index is 12.3. The van der Waals surface area contributed by atoms with Crippen LogP contribution in [0.4, 0.5) is 0 Å². The van der Waals surface area contributed by atoms with Gasteiger partial charge in [-0.3, -0.25) is 9.36 Å². The Labute approximate surface area is 152 Å². The van der Waals surface area contributed by atoms with Crippen LogP contribution in [-0.2, 0) is 11.3 Å². The van der Waals surface area contributed by atoms with Crippen molar-refractivity contribution in [2.45, 2.75) is 56.3 Å². The number of hydrogen-bond donors (Lipinski definition) is 1. The number of carbonyl (C=O) groups is 1. The van der Waals surface area contributed by atoms with Crippen LogP contribution in [-0.4, -0.2) is 32.5 Å². The van der Waals surface area contributed by atoms with Crippen LogP contribution in [0.15, 0.2) is 40.6 Å². The van der Waals surface area contributed by atoms with E-state index >= 15 is 0 Å².